The summed E-state index contributed by atoms with van der Waals surface area (Å²) in [5.74, 6) is -1.35. The minimum absolute atomic E-state index is 0.104. The first-order valence-electron chi connectivity index (χ1n) is 21.1. The molecule has 2 unspecified atom stereocenters. The highest BCUT2D eigenvalue weighted by Gasteiger charge is 2.19. The largest absolute Gasteiger partial charge is 0.480 e. The van der Waals surface area contributed by atoms with Gasteiger partial charge in [-0.3, -0.25) is 9.59 Å². The Kier molecular flexibility index (Phi) is 37.1. The summed E-state index contributed by atoms with van der Waals surface area (Å²) in [5.41, 5.74) is 5.48. The highest BCUT2D eigenvalue weighted by atomic mass is 16.5. The van der Waals surface area contributed by atoms with Gasteiger partial charge in [-0.25, -0.2) is 4.79 Å². The van der Waals surface area contributed by atoms with Crippen LogP contribution in [0.15, 0.2) is 60.8 Å². The maximum Gasteiger partial charge on any atom is 0.326 e. The van der Waals surface area contributed by atoms with Gasteiger partial charge >= 0.3 is 11.9 Å². The minimum atomic E-state index is -1.02. The lowest BCUT2D eigenvalue weighted by Crippen LogP contribution is -2.40. The number of rotatable bonds is 37. The highest BCUT2D eigenvalue weighted by molar-refractivity contribution is 5.83. The standard InChI is InChI=1S/C45H78N2O5/c1-3-5-7-9-11-13-14-15-16-17-18-19-20-21-22-23-25-27-33-39-44(49)52-41(35-30-26-24-12-10-8-6-4-2)36-31-28-29-32-38-43(48)47-42(45(50)51)37-34-40-46/h5,7,11,13,15-16,18-19,30,35,41-42H,3-4,6,8-10,12,14,17,20-29,31-34,36-40,46H2,1-2H3,(H,47,48)(H,50,51)/b7-5-,13-11-,16-15-,19-18-,35-30-. The van der Waals surface area contributed by atoms with E-state index in [4.69, 9.17) is 10.5 Å². The second kappa shape index (κ2) is 39.3. The number of carboxylic acids is 1. The van der Waals surface area contributed by atoms with Crippen molar-refractivity contribution >= 4 is 17.8 Å². The van der Waals surface area contributed by atoms with E-state index in [0.29, 0.717) is 38.6 Å². The third-order valence-corrected chi connectivity index (χ3v) is 9.05. The van der Waals surface area contributed by atoms with Crippen LogP contribution in [-0.4, -0.2) is 41.6 Å². The van der Waals surface area contributed by atoms with Gasteiger partial charge in [0.1, 0.15) is 12.1 Å². The Morgan fingerprint density at radius 3 is 1.71 bits per heavy atom. The summed E-state index contributed by atoms with van der Waals surface area (Å²) in [6, 6.07) is -0.873. The smallest absolute Gasteiger partial charge is 0.326 e. The Balaban J connectivity index is 4.28. The van der Waals surface area contributed by atoms with Crippen molar-refractivity contribution in [3.63, 3.8) is 0 Å². The quantitative estimate of drug-likeness (QED) is 0.0333. The van der Waals surface area contributed by atoms with Gasteiger partial charge in [0.2, 0.25) is 5.91 Å². The molecule has 0 rings (SSSR count). The first kappa shape index (κ1) is 49.1. The molecule has 7 nitrogen and oxygen atoms in total. The monoisotopic (exact) mass is 727 g/mol. The van der Waals surface area contributed by atoms with Crippen molar-refractivity contribution in [2.24, 2.45) is 5.73 Å². The molecule has 0 saturated heterocycles. The van der Waals surface area contributed by atoms with Crippen LogP contribution in [0.3, 0.4) is 0 Å². The van der Waals surface area contributed by atoms with Gasteiger partial charge in [-0.05, 0) is 103 Å². The van der Waals surface area contributed by atoms with E-state index in [9.17, 15) is 19.5 Å². The van der Waals surface area contributed by atoms with Crippen LogP contribution in [0, 0.1) is 0 Å². The fraction of sp³-hybridized carbons (Fsp3) is 0.711. The number of carboxylic acid groups (broad SMARTS) is 1. The topological polar surface area (TPSA) is 119 Å². The van der Waals surface area contributed by atoms with Crippen LogP contribution in [0.5, 0.6) is 0 Å². The molecule has 0 aliphatic carbocycles. The Bertz CT molecular complexity index is 1000. The predicted octanol–water partition coefficient (Wildman–Crippen LogP) is 11.8. The van der Waals surface area contributed by atoms with Gasteiger partial charge < -0.3 is 20.9 Å². The fourth-order valence-corrected chi connectivity index (χ4v) is 5.88. The molecule has 52 heavy (non-hydrogen) atoms. The average Bonchev–Trinajstić information content (AvgIpc) is 3.13. The lowest BCUT2D eigenvalue weighted by atomic mass is 10.1. The Morgan fingerprint density at radius 2 is 1.12 bits per heavy atom. The minimum Gasteiger partial charge on any atom is -0.480 e. The summed E-state index contributed by atoms with van der Waals surface area (Å²) in [7, 11) is 0. The van der Waals surface area contributed by atoms with Crippen molar-refractivity contribution in [3.05, 3.63) is 60.8 Å². The van der Waals surface area contributed by atoms with Crippen LogP contribution in [-0.2, 0) is 19.1 Å². The predicted molar refractivity (Wildman–Crippen MR) is 220 cm³/mol. The number of esters is 1. The number of nitrogens with one attached hydrogen (secondary N) is 1. The zero-order chi connectivity index (χ0) is 38.2. The molecule has 0 aromatic rings. The van der Waals surface area contributed by atoms with E-state index in [-0.39, 0.29) is 18.0 Å². The first-order valence-corrected chi connectivity index (χ1v) is 21.1. The summed E-state index contributed by atoms with van der Waals surface area (Å²) in [6.45, 7) is 4.79. The number of unbranched alkanes of at least 4 members (excludes halogenated alkanes) is 15. The van der Waals surface area contributed by atoms with Crippen LogP contribution in [0.4, 0.5) is 0 Å². The molecule has 0 aliphatic heterocycles. The number of carbonyl (C=O) groups excluding carboxylic acids is 2. The van der Waals surface area contributed by atoms with E-state index < -0.39 is 12.0 Å². The molecule has 0 aliphatic rings. The van der Waals surface area contributed by atoms with Crippen LogP contribution >= 0.6 is 0 Å². The molecule has 0 radical (unpaired) electrons. The molecule has 0 spiro atoms. The summed E-state index contributed by atoms with van der Waals surface area (Å²) in [4.78, 5) is 36.3. The lowest BCUT2D eigenvalue weighted by molar-refractivity contribution is -0.147. The molecule has 7 heteroatoms. The molecular weight excluding hydrogens is 649 g/mol. The third-order valence-electron chi connectivity index (χ3n) is 9.05. The van der Waals surface area contributed by atoms with E-state index in [0.717, 1.165) is 83.5 Å². The molecular formula is C45H78N2O5. The van der Waals surface area contributed by atoms with Crippen LogP contribution in [0.2, 0.25) is 0 Å². The zero-order valence-corrected chi connectivity index (χ0v) is 33.4. The van der Waals surface area contributed by atoms with E-state index in [2.05, 4.69) is 79.9 Å². The van der Waals surface area contributed by atoms with Crippen molar-refractivity contribution in [1.82, 2.24) is 5.32 Å². The number of nitrogens with two attached hydrogens (primary N) is 1. The average molecular weight is 727 g/mol. The SMILES string of the molecule is CC/C=C\C/C=C\C/C=C\C/C=C\CCCCCCCCC(=O)OC(/C=C\CCCCCCCC)CCCCCCC(=O)NC(CCCN)C(=O)O. The molecule has 0 heterocycles. The molecule has 0 saturated carbocycles. The van der Waals surface area contributed by atoms with Crippen LogP contribution in [0.25, 0.3) is 0 Å². The fourth-order valence-electron chi connectivity index (χ4n) is 5.88. The van der Waals surface area contributed by atoms with Gasteiger partial charge in [0.15, 0.2) is 0 Å². The zero-order valence-electron chi connectivity index (χ0n) is 33.4. The molecule has 0 aromatic carbocycles. The lowest BCUT2D eigenvalue weighted by Gasteiger charge is -2.15. The first-order chi connectivity index (χ1) is 25.4. The Labute approximate surface area is 319 Å². The van der Waals surface area contributed by atoms with E-state index in [1.54, 1.807) is 0 Å². The normalized spacial score (nSPS) is 13.3. The van der Waals surface area contributed by atoms with E-state index in [1.165, 1.54) is 57.8 Å². The van der Waals surface area contributed by atoms with Crippen molar-refractivity contribution in [3.8, 4) is 0 Å². The van der Waals surface area contributed by atoms with Crippen molar-refractivity contribution < 1.29 is 24.2 Å². The van der Waals surface area contributed by atoms with Gasteiger partial charge in [0.25, 0.3) is 0 Å². The van der Waals surface area contributed by atoms with Gasteiger partial charge in [-0.15, -0.1) is 0 Å². The molecule has 0 fully saturated rings. The van der Waals surface area contributed by atoms with Gasteiger partial charge in [-0.1, -0.05) is 139 Å². The molecule has 0 bridgehead atoms. The third kappa shape index (κ3) is 35.5. The van der Waals surface area contributed by atoms with Gasteiger partial charge in [-0.2, -0.15) is 0 Å². The maximum absolute atomic E-state index is 12.7. The Hall–Kier alpha value is -2.93. The number of hydrogen-bond donors (Lipinski definition) is 3. The molecule has 4 N–H and O–H groups in total. The van der Waals surface area contributed by atoms with Crippen molar-refractivity contribution in [2.45, 2.75) is 199 Å². The number of aliphatic carboxylic acids is 1. The summed E-state index contributed by atoms with van der Waals surface area (Å²) in [6.07, 6.45) is 48.5. The molecule has 0 aromatic heterocycles. The van der Waals surface area contributed by atoms with Crippen molar-refractivity contribution in [2.75, 3.05) is 6.54 Å². The summed E-state index contributed by atoms with van der Waals surface area (Å²) >= 11 is 0. The molecule has 2 atom stereocenters. The van der Waals surface area contributed by atoms with Crippen LogP contribution < -0.4 is 11.1 Å². The number of hydrogen-bond acceptors (Lipinski definition) is 5. The van der Waals surface area contributed by atoms with Gasteiger partial charge in [0, 0.05) is 12.8 Å². The van der Waals surface area contributed by atoms with Crippen LogP contribution in [0.1, 0.15) is 187 Å². The van der Waals surface area contributed by atoms with E-state index in [1.807, 2.05) is 0 Å². The van der Waals surface area contributed by atoms with Crippen molar-refractivity contribution in [1.29, 1.82) is 0 Å². The molecule has 1 amide bonds. The van der Waals surface area contributed by atoms with E-state index >= 15 is 0 Å². The maximum atomic E-state index is 12.7. The van der Waals surface area contributed by atoms with Gasteiger partial charge in [0.05, 0.1) is 0 Å². The second-order valence-electron chi connectivity index (χ2n) is 14.0. The Morgan fingerprint density at radius 1 is 0.596 bits per heavy atom. The number of allylic oxidation sites excluding steroid dienone is 9. The second-order valence-corrected chi connectivity index (χ2v) is 14.0. The summed E-state index contributed by atoms with van der Waals surface area (Å²) in [5, 5.41) is 11.9. The highest BCUT2D eigenvalue weighted by Crippen LogP contribution is 2.15. The summed E-state index contributed by atoms with van der Waals surface area (Å²) < 4.78 is 5.92. The molecule has 298 valence electrons. The number of carbonyl (C=O) groups is 3. The number of amides is 1. The number of ether oxygens (including phenoxy) is 1.